The van der Waals surface area contributed by atoms with E-state index in [0.717, 1.165) is 25.3 Å². The van der Waals surface area contributed by atoms with Crippen molar-refractivity contribution in [3.05, 3.63) is 11.6 Å². The second-order valence-electron chi connectivity index (χ2n) is 3.14. The summed E-state index contributed by atoms with van der Waals surface area (Å²) in [4.78, 5) is 22.0. The second kappa shape index (κ2) is 8.62. The Hall–Kier alpha value is -1.67. The van der Waals surface area contributed by atoms with E-state index in [1.807, 2.05) is 6.92 Å². The summed E-state index contributed by atoms with van der Waals surface area (Å²) in [7, 11) is 0. The SMILES string of the molecule is CCCCCOC(=O)/C(C#N)=C/C(=O)CO. The fraction of sp³-hybridized carbons (Fsp3) is 0.545. The largest absolute Gasteiger partial charge is 0.462 e. The van der Waals surface area contributed by atoms with Crippen molar-refractivity contribution in [2.24, 2.45) is 0 Å². The van der Waals surface area contributed by atoms with Crippen molar-refractivity contribution in [1.82, 2.24) is 0 Å². The first-order valence-corrected chi connectivity index (χ1v) is 5.08. The predicted octanol–water partition coefficient (Wildman–Crippen LogP) is 0.731. The van der Waals surface area contributed by atoms with Gasteiger partial charge in [-0.3, -0.25) is 4.79 Å². The number of esters is 1. The molecule has 0 aliphatic carbocycles. The Morgan fingerprint density at radius 2 is 2.12 bits per heavy atom. The summed E-state index contributed by atoms with van der Waals surface area (Å²) in [6.07, 6.45) is 3.47. The number of ketones is 1. The van der Waals surface area contributed by atoms with Crippen LogP contribution in [0, 0.1) is 11.3 Å². The van der Waals surface area contributed by atoms with Crippen LogP contribution in [-0.4, -0.2) is 30.1 Å². The smallest absolute Gasteiger partial charge is 0.349 e. The Bertz CT molecular complexity index is 314. The zero-order valence-corrected chi connectivity index (χ0v) is 9.23. The van der Waals surface area contributed by atoms with E-state index in [9.17, 15) is 9.59 Å². The number of rotatable bonds is 7. The number of carbonyl (C=O) groups is 2. The number of nitriles is 1. The molecule has 0 amide bonds. The van der Waals surface area contributed by atoms with E-state index in [0.29, 0.717) is 0 Å². The Morgan fingerprint density at radius 3 is 2.62 bits per heavy atom. The van der Waals surface area contributed by atoms with Crippen molar-refractivity contribution in [3.8, 4) is 6.07 Å². The maximum absolute atomic E-state index is 11.2. The Balaban J connectivity index is 4.18. The normalized spacial score (nSPS) is 10.7. The van der Waals surface area contributed by atoms with Crippen molar-refractivity contribution in [3.63, 3.8) is 0 Å². The van der Waals surface area contributed by atoms with Crippen LogP contribution in [0.1, 0.15) is 26.2 Å². The van der Waals surface area contributed by atoms with Crippen LogP contribution in [0.3, 0.4) is 0 Å². The van der Waals surface area contributed by atoms with Gasteiger partial charge in [0.2, 0.25) is 0 Å². The molecular weight excluding hydrogens is 210 g/mol. The molecule has 16 heavy (non-hydrogen) atoms. The molecule has 0 rings (SSSR count). The third kappa shape index (κ3) is 5.94. The summed E-state index contributed by atoms with van der Waals surface area (Å²) >= 11 is 0. The molecule has 0 saturated carbocycles. The lowest BCUT2D eigenvalue weighted by molar-refractivity contribution is -0.138. The van der Waals surface area contributed by atoms with Crippen LogP contribution in [0.15, 0.2) is 11.6 Å². The van der Waals surface area contributed by atoms with Crippen LogP contribution >= 0.6 is 0 Å². The summed E-state index contributed by atoms with van der Waals surface area (Å²) in [6, 6.07) is 1.56. The quantitative estimate of drug-likeness (QED) is 0.299. The number of aliphatic hydroxyl groups is 1. The average molecular weight is 225 g/mol. The van der Waals surface area contributed by atoms with Gasteiger partial charge in [0, 0.05) is 6.08 Å². The molecule has 88 valence electrons. The maximum atomic E-state index is 11.2. The second-order valence-corrected chi connectivity index (χ2v) is 3.14. The molecule has 0 heterocycles. The lowest BCUT2D eigenvalue weighted by Crippen LogP contribution is -2.10. The maximum Gasteiger partial charge on any atom is 0.349 e. The molecule has 0 aromatic heterocycles. The summed E-state index contributed by atoms with van der Waals surface area (Å²) in [6.45, 7) is 1.52. The van der Waals surface area contributed by atoms with Gasteiger partial charge in [-0.15, -0.1) is 0 Å². The number of nitrogens with zero attached hydrogens (tertiary/aromatic N) is 1. The molecule has 0 radical (unpaired) electrons. The zero-order chi connectivity index (χ0) is 12.4. The van der Waals surface area contributed by atoms with Gasteiger partial charge in [0.05, 0.1) is 6.61 Å². The highest BCUT2D eigenvalue weighted by Crippen LogP contribution is 2.00. The standard InChI is InChI=1S/C11H15NO4/c1-2-3-4-5-16-11(15)9(7-12)6-10(14)8-13/h6,13H,2-5,8H2,1H3/b9-6+. The number of aliphatic hydroxyl groups excluding tert-OH is 1. The first kappa shape index (κ1) is 14.3. The highest BCUT2D eigenvalue weighted by atomic mass is 16.5. The molecule has 0 aromatic carbocycles. The monoisotopic (exact) mass is 225 g/mol. The third-order valence-electron chi connectivity index (χ3n) is 1.78. The minimum Gasteiger partial charge on any atom is -0.462 e. The van der Waals surface area contributed by atoms with Gasteiger partial charge in [-0.05, 0) is 6.42 Å². The van der Waals surface area contributed by atoms with Crippen molar-refractivity contribution in [1.29, 1.82) is 5.26 Å². The number of hydrogen-bond donors (Lipinski definition) is 1. The Morgan fingerprint density at radius 1 is 1.44 bits per heavy atom. The molecular formula is C11H15NO4. The lowest BCUT2D eigenvalue weighted by Gasteiger charge is -2.02. The van der Waals surface area contributed by atoms with Crippen molar-refractivity contribution >= 4 is 11.8 Å². The summed E-state index contributed by atoms with van der Waals surface area (Å²) in [5.74, 6) is -1.51. The minimum atomic E-state index is -0.819. The van der Waals surface area contributed by atoms with Gasteiger partial charge in [0.15, 0.2) is 5.78 Å². The molecule has 0 unspecified atom stereocenters. The van der Waals surface area contributed by atoms with Gasteiger partial charge >= 0.3 is 5.97 Å². The van der Waals surface area contributed by atoms with Gasteiger partial charge in [-0.1, -0.05) is 19.8 Å². The van der Waals surface area contributed by atoms with Crippen molar-refractivity contribution in [2.75, 3.05) is 13.2 Å². The Labute approximate surface area is 94.3 Å². The van der Waals surface area contributed by atoms with Crippen LogP contribution in [0.4, 0.5) is 0 Å². The van der Waals surface area contributed by atoms with Crippen LogP contribution in [0.2, 0.25) is 0 Å². The molecule has 0 bridgehead atoms. The summed E-state index contributed by atoms with van der Waals surface area (Å²) < 4.78 is 4.78. The van der Waals surface area contributed by atoms with Crippen LogP contribution in [0.25, 0.3) is 0 Å². The molecule has 5 nitrogen and oxygen atoms in total. The number of carbonyl (C=O) groups excluding carboxylic acids is 2. The molecule has 0 aliphatic heterocycles. The van der Waals surface area contributed by atoms with E-state index < -0.39 is 18.4 Å². The lowest BCUT2D eigenvalue weighted by atomic mass is 10.2. The molecule has 0 saturated heterocycles. The third-order valence-corrected chi connectivity index (χ3v) is 1.78. The van der Waals surface area contributed by atoms with E-state index in [2.05, 4.69) is 0 Å². The number of ether oxygens (including phenoxy) is 1. The number of unbranched alkanes of at least 4 members (excludes halogenated alkanes) is 2. The van der Waals surface area contributed by atoms with E-state index >= 15 is 0 Å². The highest BCUT2D eigenvalue weighted by molar-refractivity contribution is 6.02. The summed E-state index contributed by atoms with van der Waals surface area (Å²) in [5, 5.41) is 17.0. The first-order valence-electron chi connectivity index (χ1n) is 5.08. The van der Waals surface area contributed by atoms with E-state index in [1.165, 1.54) is 0 Å². The van der Waals surface area contributed by atoms with Crippen LogP contribution in [0.5, 0.6) is 0 Å². The summed E-state index contributed by atoms with van der Waals surface area (Å²) in [5.41, 5.74) is -0.379. The highest BCUT2D eigenvalue weighted by Gasteiger charge is 2.11. The van der Waals surface area contributed by atoms with Crippen LogP contribution < -0.4 is 0 Å². The van der Waals surface area contributed by atoms with Gasteiger partial charge in [0.1, 0.15) is 18.2 Å². The fourth-order valence-electron chi connectivity index (χ4n) is 0.938. The van der Waals surface area contributed by atoms with Gasteiger partial charge in [-0.25, -0.2) is 4.79 Å². The molecule has 0 fully saturated rings. The first-order chi connectivity index (χ1) is 7.65. The fourth-order valence-corrected chi connectivity index (χ4v) is 0.938. The van der Waals surface area contributed by atoms with E-state index in [-0.39, 0.29) is 12.2 Å². The van der Waals surface area contributed by atoms with Gasteiger partial charge in [-0.2, -0.15) is 5.26 Å². The molecule has 0 atom stereocenters. The van der Waals surface area contributed by atoms with Crippen molar-refractivity contribution < 1.29 is 19.4 Å². The topological polar surface area (TPSA) is 87.4 Å². The molecule has 0 spiro atoms. The molecule has 1 N–H and O–H groups in total. The Kier molecular flexibility index (Phi) is 7.72. The molecule has 0 aromatic rings. The minimum absolute atomic E-state index is 0.235. The number of hydrogen-bond acceptors (Lipinski definition) is 5. The van der Waals surface area contributed by atoms with Crippen LogP contribution in [-0.2, 0) is 14.3 Å². The van der Waals surface area contributed by atoms with Crippen molar-refractivity contribution in [2.45, 2.75) is 26.2 Å². The predicted molar refractivity (Wildman–Crippen MR) is 56.3 cm³/mol. The average Bonchev–Trinajstić information content (AvgIpc) is 2.30. The van der Waals surface area contributed by atoms with Gasteiger partial charge < -0.3 is 9.84 Å². The molecule has 0 aliphatic rings. The van der Waals surface area contributed by atoms with E-state index in [4.69, 9.17) is 15.1 Å². The zero-order valence-electron chi connectivity index (χ0n) is 9.23. The van der Waals surface area contributed by atoms with Gasteiger partial charge in [0.25, 0.3) is 0 Å². The molecule has 5 heteroatoms. The van der Waals surface area contributed by atoms with E-state index in [1.54, 1.807) is 6.07 Å².